The van der Waals surface area contributed by atoms with Gasteiger partial charge in [0.25, 0.3) is 0 Å². The average Bonchev–Trinajstić information content (AvgIpc) is 2.83. The van der Waals surface area contributed by atoms with Gasteiger partial charge in [-0.15, -0.1) is 10.2 Å². The molecule has 0 amide bonds. The molecule has 5 heteroatoms. The number of hydrogen-bond acceptors (Lipinski definition) is 4. The molecule has 0 aliphatic rings. The van der Waals surface area contributed by atoms with Crippen molar-refractivity contribution >= 4 is 22.6 Å². The van der Waals surface area contributed by atoms with E-state index in [2.05, 4.69) is 52.0 Å². The van der Waals surface area contributed by atoms with Crippen LogP contribution < -0.4 is 5.32 Å². The summed E-state index contributed by atoms with van der Waals surface area (Å²) in [5.41, 5.74) is 1.00. The van der Waals surface area contributed by atoms with Crippen molar-refractivity contribution < 1.29 is 4.42 Å². The molecular formula is C14H18IN3O. The summed E-state index contributed by atoms with van der Waals surface area (Å²) >= 11 is 2.28. The number of aryl methyl sites for hydroxylation is 1. The lowest BCUT2D eigenvalue weighted by Crippen LogP contribution is -2.23. The summed E-state index contributed by atoms with van der Waals surface area (Å²) in [5, 5.41) is 11.6. The smallest absolute Gasteiger partial charge is 0.248 e. The molecule has 0 aliphatic heterocycles. The molecule has 2 rings (SSSR count). The highest BCUT2D eigenvalue weighted by Crippen LogP contribution is 2.23. The standard InChI is InChI=1S/C14H18IN3O/c1-10(2)16-9-5-8-13-17-18-14(19-13)11-6-3-4-7-12(11)15/h3-4,6-7,10,16H,5,8-9H2,1-2H3. The van der Waals surface area contributed by atoms with E-state index in [1.807, 2.05) is 24.3 Å². The van der Waals surface area contributed by atoms with Gasteiger partial charge in [-0.2, -0.15) is 0 Å². The third-order valence-electron chi connectivity index (χ3n) is 2.69. The van der Waals surface area contributed by atoms with Crippen LogP contribution in [0.2, 0.25) is 0 Å². The minimum Gasteiger partial charge on any atom is -0.421 e. The van der Waals surface area contributed by atoms with Crippen LogP contribution in [0.5, 0.6) is 0 Å². The van der Waals surface area contributed by atoms with Gasteiger partial charge >= 0.3 is 0 Å². The first kappa shape index (κ1) is 14.5. The van der Waals surface area contributed by atoms with Crippen LogP contribution in [-0.4, -0.2) is 22.8 Å². The van der Waals surface area contributed by atoms with Crippen molar-refractivity contribution in [3.05, 3.63) is 33.7 Å². The molecule has 0 atom stereocenters. The number of hydrogen-bond donors (Lipinski definition) is 1. The largest absolute Gasteiger partial charge is 0.421 e. The zero-order valence-electron chi connectivity index (χ0n) is 11.2. The Morgan fingerprint density at radius 1 is 1.26 bits per heavy atom. The minimum atomic E-state index is 0.518. The van der Waals surface area contributed by atoms with Crippen LogP contribution in [0.4, 0.5) is 0 Å². The number of halogens is 1. The summed E-state index contributed by atoms with van der Waals surface area (Å²) in [6, 6.07) is 8.53. The third-order valence-corrected chi connectivity index (χ3v) is 3.63. The summed E-state index contributed by atoms with van der Waals surface area (Å²) in [7, 11) is 0. The van der Waals surface area contributed by atoms with E-state index in [0.717, 1.165) is 28.5 Å². The Morgan fingerprint density at radius 2 is 2.05 bits per heavy atom. The highest BCUT2D eigenvalue weighted by Gasteiger charge is 2.10. The van der Waals surface area contributed by atoms with Crippen molar-refractivity contribution in [2.24, 2.45) is 0 Å². The van der Waals surface area contributed by atoms with Crippen molar-refractivity contribution in [3.63, 3.8) is 0 Å². The highest BCUT2D eigenvalue weighted by atomic mass is 127. The first-order chi connectivity index (χ1) is 9.16. The molecule has 0 unspecified atom stereocenters. The third kappa shape index (κ3) is 4.28. The minimum absolute atomic E-state index is 0.518. The molecule has 0 fully saturated rings. The molecular weight excluding hydrogens is 353 g/mol. The van der Waals surface area contributed by atoms with Gasteiger partial charge in [0.2, 0.25) is 11.8 Å². The molecule has 1 heterocycles. The fourth-order valence-electron chi connectivity index (χ4n) is 1.73. The zero-order chi connectivity index (χ0) is 13.7. The van der Waals surface area contributed by atoms with E-state index in [9.17, 15) is 0 Å². The van der Waals surface area contributed by atoms with Gasteiger partial charge in [0, 0.05) is 16.0 Å². The van der Waals surface area contributed by atoms with E-state index in [1.165, 1.54) is 0 Å². The first-order valence-corrected chi connectivity index (χ1v) is 7.55. The fraction of sp³-hybridized carbons (Fsp3) is 0.429. The van der Waals surface area contributed by atoms with Crippen molar-refractivity contribution in [2.75, 3.05) is 6.54 Å². The van der Waals surface area contributed by atoms with Crippen LogP contribution in [0.1, 0.15) is 26.2 Å². The number of nitrogens with one attached hydrogen (secondary N) is 1. The van der Waals surface area contributed by atoms with Gasteiger partial charge in [-0.05, 0) is 47.7 Å². The van der Waals surface area contributed by atoms with Gasteiger partial charge in [-0.1, -0.05) is 26.0 Å². The lowest BCUT2D eigenvalue weighted by molar-refractivity contribution is 0.484. The summed E-state index contributed by atoms with van der Waals surface area (Å²) in [4.78, 5) is 0. The van der Waals surface area contributed by atoms with Crippen LogP contribution in [0.25, 0.3) is 11.5 Å². The van der Waals surface area contributed by atoms with Gasteiger partial charge in [-0.25, -0.2) is 0 Å². The van der Waals surface area contributed by atoms with Gasteiger partial charge in [-0.3, -0.25) is 0 Å². The molecule has 0 aliphatic carbocycles. The lowest BCUT2D eigenvalue weighted by Gasteiger charge is -2.05. The van der Waals surface area contributed by atoms with Crippen molar-refractivity contribution in [1.29, 1.82) is 0 Å². The molecule has 0 bridgehead atoms. The van der Waals surface area contributed by atoms with Crippen LogP contribution in [-0.2, 0) is 6.42 Å². The predicted molar refractivity (Wildman–Crippen MR) is 83.9 cm³/mol. The Hall–Kier alpha value is -0.950. The summed E-state index contributed by atoms with van der Waals surface area (Å²) in [6.45, 7) is 5.25. The molecule has 0 saturated heterocycles. The fourth-order valence-corrected chi connectivity index (χ4v) is 2.35. The second-order valence-electron chi connectivity index (χ2n) is 4.69. The number of nitrogens with zero attached hydrogens (tertiary/aromatic N) is 2. The predicted octanol–water partition coefficient (Wildman–Crippen LogP) is 3.27. The van der Waals surface area contributed by atoms with Gasteiger partial charge in [0.15, 0.2) is 0 Å². The zero-order valence-corrected chi connectivity index (χ0v) is 13.3. The first-order valence-electron chi connectivity index (χ1n) is 6.47. The topological polar surface area (TPSA) is 51.0 Å². The van der Waals surface area contributed by atoms with E-state index in [1.54, 1.807) is 0 Å². The van der Waals surface area contributed by atoms with E-state index < -0.39 is 0 Å². The maximum atomic E-state index is 5.70. The van der Waals surface area contributed by atoms with Crippen LogP contribution in [0.3, 0.4) is 0 Å². The molecule has 102 valence electrons. The van der Waals surface area contributed by atoms with E-state index in [4.69, 9.17) is 4.42 Å². The molecule has 2 aromatic rings. The maximum Gasteiger partial charge on any atom is 0.248 e. The number of benzene rings is 1. The quantitative estimate of drug-likeness (QED) is 0.626. The van der Waals surface area contributed by atoms with Gasteiger partial charge in [0.1, 0.15) is 0 Å². The molecule has 1 N–H and O–H groups in total. The molecule has 0 radical (unpaired) electrons. The maximum absolute atomic E-state index is 5.70. The molecule has 0 spiro atoms. The van der Waals surface area contributed by atoms with E-state index in [0.29, 0.717) is 17.8 Å². The van der Waals surface area contributed by atoms with Crippen molar-refractivity contribution in [1.82, 2.24) is 15.5 Å². The van der Waals surface area contributed by atoms with Crippen LogP contribution >= 0.6 is 22.6 Å². The monoisotopic (exact) mass is 371 g/mol. The second kappa shape index (κ2) is 7.00. The SMILES string of the molecule is CC(C)NCCCc1nnc(-c2ccccc2I)o1. The van der Waals surface area contributed by atoms with Gasteiger partial charge < -0.3 is 9.73 Å². The summed E-state index contributed by atoms with van der Waals surface area (Å²) in [6.07, 6.45) is 1.82. The van der Waals surface area contributed by atoms with Crippen molar-refractivity contribution in [3.8, 4) is 11.5 Å². The normalized spacial score (nSPS) is 11.2. The van der Waals surface area contributed by atoms with Crippen LogP contribution in [0, 0.1) is 3.57 Å². The number of rotatable bonds is 6. The Kier molecular flexibility index (Phi) is 5.33. The second-order valence-corrected chi connectivity index (χ2v) is 5.86. The molecule has 1 aromatic heterocycles. The van der Waals surface area contributed by atoms with Crippen molar-refractivity contribution in [2.45, 2.75) is 32.7 Å². The Labute approximate surface area is 127 Å². The average molecular weight is 371 g/mol. The van der Waals surface area contributed by atoms with Gasteiger partial charge in [0.05, 0.1) is 5.56 Å². The molecule has 0 saturated carbocycles. The summed E-state index contributed by atoms with van der Waals surface area (Å²) in [5.74, 6) is 1.32. The lowest BCUT2D eigenvalue weighted by atomic mass is 10.2. The molecule has 19 heavy (non-hydrogen) atoms. The van der Waals surface area contributed by atoms with Crippen LogP contribution in [0.15, 0.2) is 28.7 Å². The highest BCUT2D eigenvalue weighted by molar-refractivity contribution is 14.1. The Bertz CT molecular complexity index is 525. The summed E-state index contributed by atoms with van der Waals surface area (Å²) < 4.78 is 6.82. The van der Waals surface area contributed by atoms with E-state index >= 15 is 0 Å². The Morgan fingerprint density at radius 3 is 2.79 bits per heavy atom. The molecule has 4 nitrogen and oxygen atoms in total. The Balaban J connectivity index is 1.94. The molecule has 1 aromatic carbocycles. The number of aromatic nitrogens is 2. The van der Waals surface area contributed by atoms with E-state index in [-0.39, 0.29) is 0 Å².